The van der Waals surface area contributed by atoms with Crippen LogP contribution in [0.15, 0.2) is 71.8 Å². The molecule has 1 amide bonds. The minimum Gasteiger partial charge on any atom is -0.382 e. The SMILES string of the molecule is Nc1ncnn2c(C3CCCCC3)cc(-c3ccc(NC(=O)c4c5n(n(-c6ccccc6)c4=O)CCOC5)cc3)c12. The van der Waals surface area contributed by atoms with Crippen molar-refractivity contribution >= 4 is 22.9 Å². The van der Waals surface area contributed by atoms with Gasteiger partial charge in [-0.25, -0.2) is 14.2 Å². The molecule has 41 heavy (non-hydrogen) atoms. The van der Waals surface area contributed by atoms with Crippen LogP contribution in [0.5, 0.6) is 0 Å². The van der Waals surface area contributed by atoms with Gasteiger partial charge in [0.15, 0.2) is 5.82 Å². The number of anilines is 2. The summed E-state index contributed by atoms with van der Waals surface area (Å²) in [4.78, 5) is 31.2. The predicted molar refractivity (Wildman–Crippen MR) is 156 cm³/mol. The van der Waals surface area contributed by atoms with Gasteiger partial charge < -0.3 is 15.8 Å². The molecule has 4 heterocycles. The maximum absolute atomic E-state index is 13.5. The molecule has 1 saturated carbocycles. The third-order valence-electron chi connectivity index (χ3n) is 8.25. The second-order valence-corrected chi connectivity index (χ2v) is 10.7. The van der Waals surface area contributed by atoms with Gasteiger partial charge in [0.1, 0.15) is 17.4 Å². The maximum atomic E-state index is 13.5. The van der Waals surface area contributed by atoms with Crippen LogP contribution in [-0.2, 0) is 17.9 Å². The molecular weight excluding hydrogens is 518 g/mol. The van der Waals surface area contributed by atoms with Crippen LogP contribution in [0.3, 0.4) is 0 Å². The van der Waals surface area contributed by atoms with E-state index in [0.29, 0.717) is 42.0 Å². The number of nitrogen functional groups attached to an aromatic ring is 1. The average Bonchev–Trinajstić information content (AvgIpc) is 3.54. The van der Waals surface area contributed by atoms with Gasteiger partial charge in [-0.15, -0.1) is 0 Å². The van der Waals surface area contributed by atoms with Gasteiger partial charge in [-0.2, -0.15) is 5.10 Å². The lowest BCUT2D eigenvalue weighted by molar-refractivity contribution is 0.0756. The van der Waals surface area contributed by atoms with E-state index in [1.807, 2.05) is 63.8 Å². The first kappa shape index (κ1) is 25.3. The molecule has 3 N–H and O–H groups in total. The molecule has 0 spiro atoms. The summed E-state index contributed by atoms with van der Waals surface area (Å²) < 4.78 is 11.0. The molecule has 2 aliphatic rings. The van der Waals surface area contributed by atoms with Gasteiger partial charge in [-0.05, 0) is 48.7 Å². The lowest BCUT2D eigenvalue weighted by atomic mass is 9.87. The van der Waals surface area contributed by atoms with Crippen molar-refractivity contribution in [1.29, 1.82) is 0 Å². The lowest BCUT2D eigenvalue weighted by Gasteiger charge is -2.21. The van der Waals surface area contributed by atoms with E-state index >= 15 is 0 Å². The monoisotopic (exact) mass is 549 g/mol. The summed E-state index contributed by atoms with van der Waals surface area (Å²) in [5.74, 6) is 0.415. The van der Waals surface area contributed by atoms with Crippen molar-refractivity contribution in [3.8, 4) is 16.8 Å². The first-order valence-corrected chi connectivity index (χ1v) is 14.1. The van der Waals surface area contributed by atoms with Crippen molar-refractivity contribution in [3.63, 3.8) is 0 Å². The van der Waals surface area contributed by atoms with Gasteiger partial charge in [0, 0.05) is 22.9 Å². The van der Waals surface area contributed by atoms with Crippen molar-refractivity contribution in [2.75, 3.05) is 17.7 Å². The largest absolute Gasteiger partial charge is 0.382 e. The highest BCUT2D eigenvalue weighted by molar-refractivity contribution is 6.05. The smallest absolute Gasteiger partial charge is 0.284 e. The zero-order valence-electron chi connectivity index (χ0n) is 22.6. The quantitative estimate of drug-likeness (QED) is 0.326. The highest BCUT2D eigenvalue weighted by atomic mass is 16.5. The van der Waals surface area contributed by atoms with Crippen LogP contribution in [0.4, 0.5) is 11.5 Å². The van der Waals surface area contributed by atoms with E-state index in [1.54, 1.807) is 4.68 Å². The number of amides is 1. The van der Waals surface area contributed by atoms with Crippen LogP contribution in [0.1, 0.15) is 59.8 Å². The number of ether oxygens (including phenoxy) is 1. The minimum absolute atomic E-state index is 0.0955. The number of para-hydroxylation sites is 1. The average molecular weight is 550 g/mol. The molecule has 0 radical (unpaired) electrons. The van der Waals surface area contributed by atoms with Crippen molar-refractivity contribution in [1.82, 2.24) is 24.0 Å². The minimum atomic E-state index is -0.460. The summed E-state index contributed by atoms with van der Waals surface area (Å²) >= 11 is 0. The summed E-state index contributed by atoms with van der Waals surface area (Å²) in [5, 5.41) is 7.47. The molecule has 1 aliphatic carbocycles. The number of aromatic nitrogens is 5. The van der Waals surface area contributed by atoms with Crippen molar-refractivity contribution in [2.24, 2.45) is 0 Å². The fraction of sp³-hybridized carbons (Fsp3) is 0.290. The topological polar surface area (TPSA) is 121 Å². The zero-order valence-corrected chi connectivity index (χ0v) is 22.6. The molecule has 10 heteroatoms. The molecule has 1 fully saturated rings. The number of rotatable bonds is 5. The molecule has 7 rings (SSSR count). The second-order valence-electron chi connectivity index (χ2n) is 10.7. The number of nitrogens with zero attached hydrogens (tertiary/aromatic N) is 5. The van der Waals surface area contributed by atoms with Gasteiger partial charge in [0.05, 0.1) is 31.1 Å². The Morgan fingerprint density at radius 1 is 1.02 bits per heavy atom. The molecule has 0 atom stereocenters. The third-order valence-corrected chi connectivity index (χ3v) is 8.25. The number of benzene rings is 2. The van der Waals surface area contributed by atoms with Crippen molar-refractivity contribution < 1.29 is 9.53 Å². The number of nitrogens with one attached hydrogen (secondary N) is 1. The molecular formula is C31H31N7O3. The van der Waals surface area contributed by atoms with Gasteiger partial charge >= 0.3 is 0 Å². The number of hydrogen-bond acceptors (Lipinski definition) is 6. The van der Waals surface area contributed by atoms with E-state index in [1.165, 1.54) is 25.6 Å². The number of nitrogens with two attached hydrogens (primary N) is 1. The highest BCUT2D eigenvalue weighted by Crippen LogP contribution is 2.38. The molecule has 0 bridgehead atoms. The molecule has 1 aliphatic heterocycles. The Morgan fingerprint density at radius 2 is 1.80 bits per heavy atom. The molecule has 10 nitrogen and oxygen atoms in total. The molecule has 3 aromatic heterocycles. The van der Waals surface area contributed by atoms with E-state index in [2.05, 4.69) is 21.5 Å². The van der Waals surface area contributed by atoms with E-state index in [4.69, 9.17) is 10.5 Å². The van der Waals surface area contributed by atoms with Crippen LogP contribution in [-0.4, -0.2) is 36.5 Å². The van der Waals surface area contributed by atoms with E-state index in [9.17, 15) is 9.59 Å². The standard InChI is InChI=1S/C31H31N7O3/c32-29-28-24(17-25(37(28)34-19-33-29)21-7-3-1-4-8-21)20-11-13-22(14-12-20)35-30(39)27-26-18-41-16-15-36(26)38(31(27)40)23-9-5-2-6-10-23/h2,5-6,9-14,17,19,21H,1,3-4,7-8,15-16,18H2,(H,35,39)(H2,32,33,34). The van der Waals surface area contributed by atoms with Crippen LogP contribution >= 0.6 is 0 Å². The normalized spacial score (nSPS) is 15.6. The van der Waals surface area contributed by atoms with Crippen molar-refractivity contribution in [3.05, 3.63) is 94.3 Å². The Kier molecular flexibility index (Phi) is 6.39. The first-order chi connectivity index (χ1) is 20.1. The maximum Gasteiger partial charge on any atom is 0.284 e. The Bertz CT molecular complexity index is 1800. The zero-order chi connectivity index (χ0) is 27.9. The van der Waals surface area contributed by atoms with Gasteiger partial charge in [0.2, 0.25) is 0 Å². The molecule has 0 saturated heterocycles. The third kappa shape index (κ3) is 4.40. The number of hydrogen-bond donors (Lipinski definition) is 2. The molecule has 208 valence electrons. The lowest BCUT2D eigenvalue weighted by Crippen LogP contribution is -2.26. The molecule has 0 unspecified atom stereocenters. The van der Waals surface area contributed by atoms with Crippen LogP contribution in [0.2, 0.25) is 0 Å². The van der Waals surface area contributed by atoms with Gasteiger partial charge in [-0.1, -0.05) is 49.6 Å². The summed E-state index contributed by atoms with van der Waals surface area (Å²) in [5.41, 5.74) is 11.8. The Morgan fingerprint density at radius 3 is 2.59 bits per heavy atom. The number of fused-ring (bicyclic) bond motifs is 2. The van der Waals surface area contributed by atoms with E-state index in [-0.39, 0.29) is 17.7 Å². The van der Waals surface area contributed by atoms with E-state index in [0.717, 1.165) is 35.2 Å². The number of carbonyl (C=O) groups is 1. The first-order valence-electron chi connectivity index (χ1n) is 14.1. The molecule has 5 aromatic rings. The summed E-state index contributed by atoms with van der Waals surface area (Å²) in [6.07, 6.45) is 7.50. The van der Waals surface area contributed by atoms with Crippen molar-refractivity contribution in [2.45, 2.75) is 51.2 Å². The van der Waals surface area contributed by atoms with Crippen LogP contribution in [0.25, 0.3) is 22.3 Å². The summed E-state index contributed by atoms with van der Waals surface area (Å²) in [6, 6.07) is 19.1. The highest BCUT2D eigenvalue weighted by Gasteiger charge is 2.28. The fourth-order valence-corrected chi connectivity index (χ4v) is 6.27. The van der Waals surface area contributed by atoms with E-state index < -0.39 is 5.91 Å². The van der Waals surface area contributed by atoms with Gasteiger partial charge in [0.25, 0.3) is 11.5 Å². The second kappa shape index (κ2) is 10.4. The Labute approximate surface area is 236 Å². The van der Waals surface area contributed by atoms with Crippen LogP contribution < -0.4 is 16.6 Å². The summed E-state index contributed by atoms with van der Waals surface area (Å²) in [6.45, 7) is 1.16. The van der Waals surface area contributed by atoms with Crippen LogP contribution in [0, 0.1) is 0 Å². The Balaban J connectivity index is 1.20. The predicted octanol–water partition coefficient (Wildman–Crippen LogP) is 4.76. The Hall–Kier alpha value is -4.70. The number of carbonyl (C=O) groups excluding carboxylic acids is 1. The fourth-order valence-electron chi connectivity index (χ4n) is 6.27. The summed E-state index contributed by atoms with van der Waals surface area (Å²) in [7, 11) is 0. The molecule has 2 aromatic carbocycles. The van der Waals surface area contributed by atoms with Gasteiger partial charge in [-0.3, -0.25) is 14.3 Å².